The Morgan fingerprint density at radius 1 is 1.44 bits per heavy atom. The molecular weight excluding hydrogens is 362 g/mol. The molecule has 0 bridgehead atoms. The van der Waals surface area contributed by atoms with Crippen molar-refractivity contribution in [2.45, 2.75) is 19.4 Å². The molecule has 1 aliphatic rings. The van der Waals surface area contributed by atoms with Crippen LogP contribution in [-0.2, 0) is 16.1 Å². The molecule has 1 unspecified atom stereocenters. The van der Waals surface area contributed by atoms with E-state index in [1.807, 2.05) is 31.6 Å². The number of hydrogen-bond acceptors (Lipinski definition) is 6. The predicted molar refractivity (Wildman–Crippen MR) is 105 cm³/mol. The fraction of sp³-hybridized carbons (Fsp3) is 0.474. The number of thiazole rings is 1. The van der Waals surface area contributed by atoms with Crippen LogP contribution >= 0.6 is 11.3 Å². The maximum Gasteiger partial charge on any atom is 0.225 e. The molecule has 0 aromatic carbocycles. The van der Waals surface area contributed by atoms with Crippen molar-refractivity contribution in [3.8, 4) is 10.6 Å². The molecule has 0 aliphatic carbocycles. The third kappa shape index (κ3) is 5.33. The summed E-state index contributed by atoms with van der Waals surface area (Å²) in [7, 11) is 4.03. The van der Waals surface area contributed by atoms with Crippen LogP contribution in [0.15, 0.2) is 29.9 Å². The van der Waals surface area contributed by atoms with Crippen LogP contribution in [0.2, 0.25) is 0 Å². The third-order valence-electron chi connectivity index (χ3n) is 4.52. The molecular formula is C19H25N5O2S. The number of likely N-dealkylation sites (tertiary alicyclic amines) is 1. The number of aromatic nitrogens is 2. The lowest BCUT2D eigenvalue weighted by atomic mass is 10.1. The first-order chi connectivity index (χ1) is 13.0. The number of hydrogen-bond donors (Lipinski definition) is 1. The summed E-state index contributed by atoms with van der Waals surface area (Å²) in [6, 6.07) is 3.84. The molecule has 1 saturated heterocycles. The average molecular weight is 388 g/mol. The van der Waals surface area contributed by atoms with Gasteiger partial charge in [-0.3, -0.25) is 14.6 Å². The summed E-state index contributed by atoms with van der Waals surface area (Å²) in [5, 5.41) is 5.75. The number of carbonyl (C=O) groups excluding carboxylic acids is 2. The highest BCUT2D eigenvalue weighted by Crippen LogP contribution is 2.23. The van der Waals surface area contributed by atoms with Gasteiger partial charge in [0, 0.05) is 42.8 Å². The zero-order valence-electron chi connectivity index (χ0n) is 15.7. The lowest BCUT2D eigenvalue weighted by Crippen LogP contribution is -2.33. The number of nitrogens with one attached hydrogen (secondary N) is 1. The van der Waals surface area contributed by atoms with E-state index in [-0.39, 0.29) is 17.7 Å². The quantitative estimate of drug-likeness (QED) is 0.745. The summed E-state index contributed by atoms with van der Waals surface area (Å²) in [6.07, 6.45) is 4.72. The van der Waals surface area contributed by atoms with E-state index >= 15 is 0 Å². The van der Waals surface area contributed by atoms with Crippen molar-refractivity contribution < 1.29 is 9.59 Å². The van der Waals surface area contributed by atoms with Gasteiger partial charge in [0.25, 0.3) is 0 Å². The van der Waals surface area contributed by atoms with E-state index < -0.39 is 0 Å². The molecule has 7 nitrogen and oxygen atoms in total. The number of amides is 2. The molecule has 3 heterocycles. The Labute approximate surface area is 163 Å². The van der Waals surface area contributed by atoms with Crippen molar-refractivity contribution in [3.05, 3.63) is 35.6 Å². The minimum absolute atomic E-state index is 0.0708. The fourth-order valence-electron chi connectivity index (χ4n) is 3.07. The molecule has 1 atom stereocenters. The van der Waals surface area contributed by atoms with Crippen LogP contribution in [0.25, 0.3) is 10.6 Å². The molecule has 8 heteroatoms. The first-order valence-corrected chi connectivity index (χ1v) is 9.96. The second kappa shape index (κ2) is 9.05. The Morgan fingerprint density at radius 3 is 3.04 bits per heavy atom. The van der Waals surface area contributed by atoms with Gasteiger partial charge in [-0.1, -0.05) is 0 Å². The van der Waals surface area contributed by atoms with Gasteiger partial charge in [-0.15, -0.1) is 11.3 Å². The van der Waals surface area contributed by atoms with Gasteiger partial charge < -0.3 is 15.1 Å². The van der Waals surface area contributed by atoms with Crippen molar-refractivity contribution >= 4 is 23.2 Å². The largest absolute Gasteiger partial charge is 0.350 e. The van der Waals surface area contributed by atoms with Gasteiger partial charge in [0.15, 0.2) is 0 Å². The van der Waals surface area contributed by atoms with Crippen LogP contribution in [0, 0.1) is 5.92 Å². The van der Waals surface area contributed by atoms with Gasteiger partial charge in [0.2, 0.25) is 11.8 Å². The van der Waals surface area contributed by atoms with Gasteiger partial charge in [0.1, 0.15) is 5.01 Å². The van der Waals surface area contributed by atoms with E-state index in [4.69, 9.17) is 0 Å². The zero-order valence-corrected chi connectivity index (χ0v) is 16.5. The van der Waals surface area contributed by atoms with E-state index in [2.05, 4.69) is 20.2 Å². The Kier molecular flexibility index (Phi) is 6.52. The Morgan fingerprint density at radius 2 is 2.30 bits per heavy atom. The monoisotopic (exact) mass is 387 g/mol. The summed E-state index contributed by atoms with van der Waals surface area (Å²) >= 11 is 1.53. The zero-order chi connectivity index (χ0) is 19.2. The van der Waals surface area contributed by atoms with E-state index in [0.29, 0.717) is 26.1 Å². The molecule has 0 radical (unpaired) electrons. The fourth-order valence-corrected chi connectivity index (χ4v) is 3.88. The standard InChI is InChI=1S/C19H25N5O2S/c1-23(2)7-4-8-24-12-15(9-17(24)25)18(26)21-11-16-13-27-19(22-16)14-5-3-6-20-10-14/h3,5-6,10,13,15H,4,7-9,11-12H2,1-2H3,(H,21,26). The molecule has 1 fully saturated rings. The lowest BCUT2D eigenvalue weighted by molar-refractivity contribution is -0.129. The maximum absolute atomic E-state index is 12.4. The lowest BCUT2D eigenvalue weighted by Gasteiger charge is -2.18. The molecule has 27 heavy (non-hydrogen) atoms. The summed E-state index contributed by atoms with van der Waals surface area (Å²) in [6.45, 7) is 2.53. The Balaban J connectivity index is 1.47. The number of rotatable bonds is 8. The van der Waals surface area contributed by atoms with Crippen molar-refractivity contribution in [2.75, 3.05) is 33.7 Å². The van der Waals surface area contributed by atoms with Gasteiger partial charge in [-0.25, -0.2) is 4.98 Å². The molecule has 2 amide bonds. The SMILES string of the molecule is CN(C)CCCN1CC(C(=O)NCc2csc(-c3cccnc3)n2)CC1=O. The average Bonchev–Trinajstić information content (AvgIpc) is 3.27. The van der Waals surface area contributed by atoms with E-state index in [1.165, 1.54) is 11.3 Å². The second-order valence-electron chi connectivity index (χ2n) is 7.00. The normalized spacial score (nSPS) is 16.9. The number of pyridine rings is 1. The van der Waals surface area contributed by atoms with Gasteiger partial charge in [-0.2, -0.15) is 0 Å². The first-order valence-electron chi connectivity index (χ1n) is 9.08. The minimum Gasteiger partial charge on any atom is -0.350 e. The third-order valence-corrected chi connectivity index (χ3v) is 5.46. The van der Waals surface area contributed by atoms with E-state index in [9.17, 15) is 9.59 Å². The molecule has 1 N–H and O–H groups in total. The van der Waals surface area contributed by atoms with Crippen molar-refractivity contribution in [1.29, 1.82) is 0 Å². The minimum atomic E-state index is -0.270. The summed E-state index contributed by atoms with van der Waals surface area (Å²) < 4.78 is 0. The molecule has 0 spiro atoms. The van der Waals surface area contributed by atoms with Crippen LogP contribution in [0.4, 0.5) is 0 Å². The smallest absolute Gasteiger partial charge is 0.225 e. The maximum atomic E-state index is 12.4. The predicted octanol–water partition coefficient (Wildman–Crippen LogP) is 1.62. The van der Waals surface area contributed by atoms with Crippen LogP contribution in [0.3, 0.4) is 0 Å². The Hall–Kier alpha value is -2.32. The number of nitrogens with zero attached hydrogens (tertiary/aromatic N) is 4. The second-order valence-corrected chi connectivity index (χ2v) is 7.86. The van der Waals surface area contributed by atoms with Gasteiger partial charge >= 0.3 is 0 Å². The van der Waals surface area contributed by atoms with E-state index in [0.717, 1.165) is 29.2 Å². The first kappa shape index (κ1) is 19.4. The van der Waals surface area contributed by atoms with Crippen LogP contribution in [0.1, 0.15) is 18.5 Å². The molecule has 144 valence electrons. The highest BCUT2D eigenvalue weighted by Gasteiger charge is 2.33. The van der Waals surface area contributed by atoms with Crippen molar-refractivity contribution in [2.24, 2.45) is 5.92 Å². The molecule has 2 aromatic rings. The number of carbonyl (C=O) groups is 2. The van der Waals surface area contributed by atoms with E-state index in [1.54, 1.807) is 17.3 Å². The molecule has 3 rings (SSSR count). The topological polar surface area (TPSA) is 78.4 Å². The van der Waals surface area contributed by atoms with Crippen molar-refractivity contribution in [3.63, 3.8) is 0 Å². The highest BCUT2D eigenvalue weighted by atomic mass is 32.1. The molecule has 1 aliphatic heterocycles. The molecule has 0 saturated carbocycles. The highest BCUT2D eigenvalue weighted by molar-refractivity contribution is 7.13. The summed E-state index contributed by atoms with van der Waals surface area (Å²) in [5.41, 5.74) is 1.79. The van der Waals surface area contributed by atoms with Crippen LogP contribution in [-0.4, -0.2) is 65.3 Å². The van der Waals surface area contributed by atoms with Crippen LogP contribution in [0.5, 0.6) is 0 Å². The Bertz CT molecular complexity index is 777. The summed E-state index contributed by atoms with van der Waals surface area (Å²) in [4.78, 5) is 37.1. The van der Waals surface area contributed by atoms with Crippen molar-refractivity contribution in [1.82, 2.24) is 25.1 Å². The van der Waals surface area contributed by atoms with Crippen LogP contribution < -0.4 is 5.32 Å². The molecule has 2 aromatic heterocycles. The van der Waals surface area contributed by atoms with Gasteiger partial charge in [0.05, 0.1) is 18.2 Å². The van der Waals surface area contributed by atoms with Gasteiger partial charge in [-0.05, 0) is 39.2 Å². The summed E-state index contributed by atoms with van der Waals surface area (Å²) in [5.74, 6) is -0.274.